The Labute approximate surface area is 179 Å². The molecule has 0 aliphatic rings. The van der Waals surface area contributed by atoms with E-state index in [1.165, 1.54) is 5.56 Å². The van der Waals surface area contributed by atoms with Crippen LogP contribution in [-0.4, -0.2) is 11.6 Å². The molecule has 3 nitrogen and oxygen atoms in total. The second kappa shape index (κ2) is 9.53. The summed E-state index contributed by atoms with van der Waals surface area (Å²) in [6.07, 6.45) is 0. The molecular formula is C23H20BrN2OS-. The lowest BCUT2D eigenvalue weighted by Gasteiger charge is -2.05. The van der Waals surface area contributed by atoms with Crippen molar-refractivity contribution >= 4 is 22.2 Å². The molecule has 0 bridgehead atoms. The first kappa shape index (κ1) is 20.1. The minimum absolute atomic E-state index is 0. The van der Waals surface area contributed by atoms with E-state index in [-0.39, 0.29) is 17.0 Å². The number of ether oxygens (including phenoxy) is 1. The Bertz CT molecular complexity index is 1000. The number of halogens is 1. The predicted octanol–water partition coefficient (Wildman–Crippen LogP) is 3.62. The summed E-state index contributed by atoms with van der Waals surface area (Å²) in [6.45, 7) is 2.65. The fraction of sp³-hybridized carbons (Fsp3) is 0.0870. The molecule has 0 unspecified atom stereocenters. The molecule has 1 heterocycles. The standard InChI is InChI=1S/C23H20N2OS.BrH/c1-2-26-20-15-13-17(14-16-20)21-22(18-9-5-3-6-10-18)27-23(25-21)24-19-11-7-4-8-12-19;/h3-16H,2H2,1H3,(H,24,25);1H/p-1. The highest BCUT2D eigenvalue weighted by Crippen LogP contribution is 2.40. The van der Waals surface area contributed by atoms with Crippen molar-refractivity contribution in [1.82, 2.24) is 4.98 Å². The van der Waals surface area contributed by atoms with E-state index in [4.69, 9.17) is 9.72 Å². The topological polar surface area (TPSA) is 34.1 Å². The molecule has 0 amide bonds. The van der Waals surface area contributed by atoms with E-state index in [1.807, 2.05) is 55.5 Å². The van der Waals surface area contributed by atoms with Gasteiger partial charge in [0, 0.05) is 11.3 Å². The summed E-state index contributed by atoms with van der Waals surface area (Å²) in [5.41, 5.74) is 4.26. The normalized spacial score (nSPS) is 10.2. The third kappa shape index (κ3) is 4.61. The highest BCUT2D eigenvalue weighted by molar-refractivity contribution is 7.19. The van der Waals surface area contributed by atoms with Crippen molar-refractivity contribution in [3.63, 3.8) is 0 Å². The van der Waals surface area contributed by atoms with Crippen LogP contribution in [0.15, 0.2) is 84.9 Å². The van der Waals surface area contributed by atoms with Crippen LogP contribution in [-0.2, 0) is 0 Å². The lowest BCUT2D eigenvalue weighted by Crippen LogP contribution is -3.00. The summed E-state index contributed by atoms with van der Waals surface area (Å²) in [7, 11) is 0. The van der Waals surface area contributed by atoms with Gasteiger partial charge < -0.3 is 27.0 Å². The van der Waals surface area contributed by atoms with E-state index < -0.39 is 0 Å². The minimum Gasteiger partial charge on any atom is -1.00 e. The largest absolute Gasteiger partial charge is 1.00 e. The first-order chi connectivity index (χ1) is 13.3. The number of para-hydroxylation sites is 1. The van der Waals surface area contributed by atoms with Crippen molar-refractivity contribution in [1.29, 1.82) is 0 Å². The van der Waals surface area contributed by atoms with Gasteiger partial charge in [0.15, 0.2) is 5.13 Å². The van der Waals surface area contributed by atoms with Crippen LogP contribution in [0.3, 0.4) is 0 Å². The van der Waals surface area contributed by atoms with Crippen molar-refractivity contribution in [2.75, 3.05) is 11.9 Å². The lowest BCUT2D eigenvalue weighted by atomic mass is 10.1. The van der Waals surface area contributed by atoms with Crippen LogP contribution in [0.2, 0.25) is 0 Å². The van der Waals surface area contributed by atoms with Gasteiger partial charge in [-0.2, -0.15) is 0 Å². The van der Waals surface area contributed by atoms with E-state index in [1.54, 1.807) is 11.3 Å². The molecule has 4 aromatic rings. The Morgan fingerprint density at radius 3 is 2.11 bits per heavy atom. The molecule has 28 heavy (non-hydrogen) atoms. The van der Waals surface area contributed by atoms with E-state index in [0.29, 0.717) is 6.61 Å². The van der Waals surface area contributed by atoms with Gasteiger partial charge >= 0.3 is 0 Å². The fourth-order valence-electron chi connectivity index (χ4n) is 2.88. The van der Waals surface area contributed by atoms with E-state index in [0.717, 1.165) is 32.7 Å². The van der Waals surface area contributed by atoms with Crippen LogP contribution in [0.25, 0.3) is 21.7 Å². The Morgan fingerprint density at radius 2 is 1.46 bits per heavy atom. The molecule has 0 fully saturated rings. The fourth-order valence-corrected chi connectivity index (χ4v) is 3.89. The molecule has 5 heteroatoms. The molecule has 0 radical (unpaired) electrons. The molecule has 3 aromatic carbocycles. The highest BCUT2D eigenvalue weighted by atomic mass is 79.9. The summed E-state index contributed by atoms with van der Waals surface area (Å²) < 4.78 is 5.57. The number of nitrogens with one attached hydrogen (secondary N) is 1. The maximum atomic E-state index is 5.57. The van der Waals surface area contributed by atoms with Gasteiger partial charge in [-0.15, -0.1) is 0 Å². The van der Waals surface area contributed by atoms with Crippen molar-refractivity contribution in [2.24, 2.45) is 0 Å². The number of benzene rings is 3. The van der Waals surface area contributed by atoms with Crippen LogP contribution in [0, 0.1) is 0 Å². The molecule has 1 N–H and O–H groups in total. The maximum Gasteiger partial charge on any atom is 0.188 e. The van der Waals surface area contributed by atoms with Gasteiger partial charge in [-0.05, 0) is 48.9 Å². The van der Waals surface area contributed by atoms with Crippen molar-refractivity contribution in [3.8, 4) is 27.4 Å². The quantitative estimate of drug-likeness (QED) is 0.485. The van der Waals surface area contributed by atoms with Gasteiger partial charge in [0.1, 0.15) is 5.75 Å². The van der Waals surface area contributed by atoms with E-state index >= 15 is 0 Å². The van der Waals surface area contributed by atoms with Crippen LogP contribution in [0.5, 0.6) is 5.75 Å². The Kier molecular flexibility index (Phi) is 6.85. The molecule has 0 aliphatic heterocycles. The first-order valence-electron chi connectivity index (χ1n) is 8.95. The molecule has 1 aromatic heterocycles. The van der Waals surface area contributed by atoms with Crippen LogP contribution >= 0.6 is 11.3 Å². The van der Waals surface area contributed by atoms with E-state index in [9.17, 15) is 0 Å². The van der Waals surface area contributed by atoms with E-state index in [2.05, 4.69) is 41.7 Å². The third-order valence-corrected chi connectivity index (χ3v) is 5.15. The zero-order valence-corrected chi connectivity index (χ0v) is 17.8. The minimum atomic E-state index is 0. The van der Waals surface area contributed by atoms with Crippen molar-refractivity contribution in [3.05, 3.63) is 84.9 Å². The summed E-state index contributed by atoms with van der Waals surface area (Å²) in [5, 5.41) is 4.30. The van der Waals surface area contributed by atoms with Crippen LogP contribution < -0.4 is 27.0 Å². The maximum absolute atomic E-state index is 5.57. The summed E-state index contributed by atoms with van der Waals surface area (Å²) in [5.74, 6) is 0.875. The number of rotatable bonds is 6. The van der Waals surface area contributed by atoms with Gasteiger partial charge in [0.25, 0.3) is 0 Å². The van der Waals surface area contributed by atoms with Gasteiger partial charge in [0.2, 0.25) is 0 Å². The first-order valence-corrected chi connectivity index (χ1v) is 9.76. The number of hydrogen-bond acceptors (Lipinski definition) is 4. The number of nitrogens with zero attached hydrogens (tertiary/aromatic N) is 1. The number of thiazole rings is 1. The number of hydrogen-bond donors (Lipinski definition) is 1. The summed E-state index contributed by atoms with van der Waals surface area (Å²) >= 11 is 1.66. The molecule has 0 atom stereocenters. The van der Waals surface area contributed by atoms with Gasteiger partial charge in [-0.25, -0.2) is 4.98 Å². The Balaban J connectivity index is 0.00000225. The molecule has 0 aliphatic carbocycles. The molecule has 0 spiro atoms. The van der Waals surface area contributed by atoms with Gasteiger partial charge in [-0.1, -0.05) is 59.9 Å². The SMILES string of the molecule is CCOc1ccc(-c2nc(Nc3ccccc3)sc2-c2ccccc2)cc1.[Br-]. The Hall–Kier alpha value is -2.63. The molecule has 142 valence electrons. The second-order valence-corrected chi connectivity index (χ2v) is 7.01. The van der Waals surface area contributed by atoms with Crippen LogP contribution in [0.1, 0.15) is 6.92 Å². The average Bonchev–Trinajstić information content (AvgIpc) is 3.14. The highest BCUT2D eigenvalue weighted by Gasteiger charge is 2.15. The molecule has 0 saturated heterocycles. The molecule has 4 rings (SSSR count). The monoisotopic (exact) mass is 451 g/mol. The zero-order chi connectivity index (χ0) is 18.5. The molecular weight excluding hydrogens is 432 g/mol. The molecule has 0 saturated carbocycles. The second-order valence-electron chi connectivity index (χ2n) is 6.01. The third-order valence-electron chi connectivity index (χ3n) is 4.13. The summed E-state index contributed by atoms with van der Waals surface area (Å²) in [4.78, 5) is 6.05. The zero-order valence-electron chi connectivity index (χ0n) is 15.4. The average molecular weight is 452 g/mol. The van der Waals surface area contributed by atoms with Crippen molar-refractivity contribution < 1.29 is 21.7 Å². The smallest absolute Gasteiger partial charge is 0.188 e. The summed E-state index contributed by atoms with van der Waals surface area (Å²) in [6, 6.07) is 28.6. The van der Waals surface area contributed by atoms with Crippen LogP contribution in [0.4, 0.5) is 10.8 Å². The van der Waals surface area contributed by atoms with Gasteiger partial charge in [0.05, 0.1) is 17.2 Å². The van der Waals surface area contributed by atoms with Crippen molar-refractivity contribution in [2.45, 2.75) is 6.92 Å². The number of aromatic nitrogens is 1. The van der Waals surface area contributed by atoms with Gasteiger partial charge in [-0.3, -0.25) is 0 Å². The number of anilines is 2. The lowest BCUT2D eigenvalue weighted by molar-refractivity contribution is -0.00000581. The predicted molar refractivity (Wildman–Crippen MR) is 114 cm³/mol. The Morgan fingerprint density at radius 1 is 0.821 bits per heavy atom.